The molecule has 0 aliphatic heterocycles. The zero-order chi connectivity index (χ0) is 7.56. The number of rotatable bonds is 2. The van der Waals surface area contributed by atoms with Crippen LogP contribution in [0.3, 0.4) is 0 Å². The lowest BCUT2D eigenvalue weighted by molar-refractivity contribution is 0.345. The quantitative estimate of drug-likeness (QED) is 0.614. The van der Waals surface area contributed by atoms with E-state index >= 15 is 0 Å². The molecule has 0 amide bonds. The van der Waals surface area contributed by atoms with Gasteiger partial charge in [-0.3, -0.25) is 4.57 Å². The number of nitrogens with zero attached hydrogens (tertiary/aromatic N) is 1. The van der Waals surface area contributed by atoms with Crippen molar-refractivity contribution in [2.75, 3.05) is 14.2 Å². The summed E-state index contributed by atoms with van der Waals surface area (Å²) < 4.78 is 11.9. The standard InChI is InChI=1S/C7H11NO2/c1-8-6(9-2)4-5-7(8)10-3/h4-5H,1-3H3. The molecule has 0 atom stereocenters. The van der Waals surface area contributed by atoms with Gasteiger partial charge in [-0.05, 0) is 0 Å². The average molecular weight is 141 g/mol. The second-order valence-corrected chi connectivity index (χ2v) is 1.98. The van der Waals surface area contributed by atoms with Crippen molar-refractivity contribution in [1.29, 1.82) is 0 Å². The van der Waals surface area contributed by atoms with E-state index in [1.165, 1.54) is 0 Å². The highest BCUT2D eigenvalue weighted by Gasteiger charge is 2.01. The molecule has 56 valence electrons. The third kappa shape index (κ3) is 0.943. The molecule has 1 aromatic rings. The van der Waals surface area contributed by atoms with Crippen molar-refractivity contribution in [3.05, 3.63) is 12.1 Å². The molecular formula is C7H11NO2. The Morgan fingerprint density at radius 2 is 1.50 bits per heavy atom. The molecule has 0 aromatic carbocycles. The Morgan fingerprint density at radius 1 is 1.10 bits per heavy atom. The first-order valence-electron chi connectivity index (χ1n) is 3.03. The topological polar surface area (TPSA) is 23.4 Å². The fourth-order valence-corrected chi connectivity index (χ4v) is 0.885. The van der Waals surface area contributed by atoms with Crippen LogP contribution in [0.15, 0.2) is 12.1 Å². The summed E-state index contributed by atoms with van der Waals surface area (Å²) in [5.41, 5.74) is 0. The third-order valence-corrected chi connectivity index (χ3v) is 1.45. The van der Waals surface area contributed by atoms with E-state index in [0.717, 1.165) is 11.8 Å². The van der Waals surface area contributed by atoms with Crippen molar-refractivity contribution in [2.24, 2.45) is 7.05 Å². The zero-order valence-corrected chi connectivity index (χ0v) is 6.42. The van der Waals surface area contributed by atoms with Gasteiger partial charge in [0.15, 0.2) is 11.8 Å². The Labute approximate surface area is 60.2 Å². The fourth-order valence-electron chi connectivity index (χ4n) is 0.885. The minimum Gasteiger partial charge on any atom is -0.482 e. The number of hydrogen-bond acceptors (Lipinski definition) is 2. The van der Waals surface area contributed by atoms with Crippen LogP contribution in [0.5, 0.6) is 11.8 Å². The minimum absolute atomic E-state index is 0.803. The predicted molar refractivity (Wildman–Crippen MR) is 38.5 cm³/mol. The van der Waals surface area contributed by atoms with E-state index in [2.05, 4.69) is 0 Å². The number of methoxy groups -OCH3 is 2. The van der Waals surface area contributed by atoms with E-state index in [9.17, 15) is 0 Å². The predicted octanol–water partition coefficient (Wildman–Crippen LogP) is 1.04. The first-order chi connectivity index (χ1) is 4.79. The molecule has 0 aliphatic rings. The third-order valence-electron chi connectivity index (χ3n) is 1.45. The lowest BCUT2D eigenvalue weighted by Crippen LogP contribution is -1.95. The molecule has 0 spiro atoms. The number of aromatic nitrogens is 1. The highest BCUT2D eigenvalue weighted by atomic mass is 16.5. The molecule has 0 saturated carbocycles. The van der Waals surface area contributed by atoms with Crippen molar-refractivity contribution in [2.45, 2.75) is 0 Å². The van der Waals surface area contributed by atoms with Crippen LogP contribution in [-0.4, -0.2) is 18.8 Å². The fraction of sp³-hybridized carbons (Fsp3) is 0.429. The van der Waals surface area contributed by atoms with Gasteiger partial charge >= 0.3 is 0 Å². The van der Waals surface area contributed by atoms with Crippen LogP contribution in [0.25, 0.3) is 0 Å². The molecule has 3 nitrogen and oxygen atoms in total. The summed E-state index contributed by atoms with van der Waals surface area (Å²) in [5.74, 6) is 1.61. The van der Waals surface area contributed by atoms with Crippen LogP contribution in [0, 0.1) is 0 Å². The van der Waals surface area contributed by atoms with E-state index in [4.69, 9.17) is 9.47 Å². The van der Waals surface area contributed by atoms with E-state index < -0.39 is 0 Å². The molecule has 0 fully saturated rings. The van der Waals surface area contributed by atoms with Gasteiger partial charge in [-0.25, -0.2) is 0 Å². The molecule has 0 aliphatic carbocycles. The molecule has 0 N–H and O–H groups in total. The van der Waals surface area contributed by atoms with Gasteiger partial charge in [0.25, 0.3) is 0 Å². The van der Waals surface area contributed by atoms with E-state index in [-0.39, 0.29) is 0 Å². The Bertz CT molecular complexity index is 196. The largest absolute Gasteiger partial charge is 0.482 e. The van der Waals surface area contributed by atoms with Gasteiger partial charge < -0.3 is 9.47 Å². The Morgan fingerprint density at radius 3 is 1.70 bits per heavy atom. The van der Waals surface area contributed by atoms with E-state index in [0.29, 0.717) is 0 Å². The van der Waals surface area contributed by atoms with Crippen LogP contribution in [0.1, 0.15) is 0 Å². The van der Waals surface area contributed by atoms with Gasteiger partial charge in [0.05, 0.1) is 14.2 Å². The number of ether oxygens (including phenoxy) is 2. The van der Waals surface area contributed by atoms with Crippen LogP contribution in [-0.2, 0) is 7.05 Å². The Balaban J connectivity index is 2.97. The summed E-state index contributed by atoms with van der Waals surface area (Å²) in [5, 5.41) is 0. The summed E-state index contributed by atoms with van der Waals surface area (Å²) in [6.07, 6.45) is 0. The summed E-state index contributed by atoms with van der Waals surface area (Å²) in [7, 11) is 5.15. The smallest absolute Gasteiger partial charge is 0.195 e. The molecule has 1 heterocycles. The van der Waals surface area contributed by atoms with E-state index in [1.807, 2.05) is 23.7 Å². The molecular weight excluding hydrogens is 130 g/mol. The molecule has 3 heteroatoms. The van der Waals surface area contributed by atoms with Crippen LogP contribution < -0.4 is 9.47 Å². The van der Waals surface area contributed by atoms with Crippen molar-refractivity contribution in [3.63, 3.8) is 0 Å². The highest BCUT2D eigenvalue weighted by Crippen LogP contribution is 2.19. The molecule has 1 rings (SSSR count). The van der Waals surface area contributed by atoms with Crippen molar-refractivity contribution < 1.29 is 9.47 Å². The molecule has 10 heavy (non-hydrogen) atoms. The van der Waals surface area contributed by atoms with Crippen LogP contribution >= 0.6 is 0 Å². The van der Waals surface area contributed by atoms with Crippen LogP contribution in [0.2, 0.25) is 0 Å². The molecule has 0 saturated heterocycles. The van der Waals surface area contributed by atoms with Gasteiger partial charge in [-0.2, -0.15) is 0 Å². The lowest BCUT2D eigenvalue weighted by Gasteiger charge is -2.03. The minimum atomic E-state index is 0.803. The summed E-state index contributed by atoms with van der Waals surface area (Å²) in [6, 6.07) is 3.72. The molecule has 0 unspecified atom stereocenters. The van der Waals surface area contributed by atoms with Crippen molar-refractivity contribution >= 4 is 0 Å². The maximum Gasteiger partial charge on any atom is 0.195 e. The summed E-state index contributed by atoms with van der Waals surface area (Å²) >= 11 is 0. The van der Waals surface area contributed by atoms with Gasteiger partial charge in [-0.1, -0.05) is 0 Å². The average Bonchev–Trinajstić information content (AvgIpc) is 2.30. The van der Waals surface area contributed by atoms with Gasteiger partial charge in [0.2, 0.25) is 0 Å². The van der Waals surface area contributed by atoms with E-state index in [1.54, 1.807) is 14.2 Å². The SMILES string of the molecule is COc1ccc(OC)n1C. The Kier molecular flexibility index (Phi) is 1.85. The van der Waals surface area contributed by atoms with Gasteiger partial charge in [0, 0.05) is 19.2 Å². The normalized spacial score (nSPS) is 9.50. The first-order valence-corrected chi connectivity index (χ1v) is 3.03. The highest BCUT2D eigenvalue weighted by molar-refractivity contribution is 5.25. The maximum absolute atomic E-state index is 5.01. The van der Waals surface area contributed by atoms with Crippen molar-refractivity contribution in [1.82, 2.24) is 4.57 Å². The molecule has 0 radical (unpaired) electrons. The maximum atomic E-state index is 5.01. The number of hydrogen-bond donors (Lipinski definition) is 0. The van der Waals surface area contributed by atoms with Gasteiger partial charge in [-0.15, -0.1) is 0 Å². The second-order valence-electron chi connectivity index (χ2n) is 1.98. The first kappa shape index (κ1) is 6.99. The molecule has 1 aromatic heterocycles. The lowest BCUT2D eigenvalue weighted by atomic mass is 10.6. The summed E-state index contributed by atoms with van der Waals surface area (Å²) in [4.78, 5) is 0. The monoisotopic (exact) mass is 141 g/mol. The van der Waals surface area contributed by atoms with Crippen LogP contribution in [0.4, 0.5) is 0 Å². The van der Waals surface area contributed by atoms with Crippen molar-refractivity contribution in [3.8, 4) is 11.8 Å². The Hall–Kier alpha value is -1.12. The zero-order valence-electron chi connectivity index (χ0n) is 6.42. The summed E-state index contributed by atoms with van der Waals surface area (Å²) in [6.45, 7) is 0. The van der Waals surface area contributed by atoms with Gasteiger partial charge in [0.1, 0.15) is 0 Å². The second kappa shape index (κ2) is 2.64. The molecule has 0 bridgehead atoms.